The summed E-state index contributed by atoms with van der Waals surface area (Å²) in [5.74, 6) is -0.258. The number of hydrogen-bond donors (Lipinski definition) is 1. The van der Waals surface area contributed by atoms with E-state index < -0.39 is 17.6 Å². The molecule has 152 valence electrons. The quantitative estimate of drug-likeness (QED) is 0.609. The van der Waals surface area contributed by atoms with Crippen molar-refractivity contribution >= 4 is 23.4 Å². The summed E-state index contributed by atoms with van der Waals surface area (Å²) in [6.45, 7) is 1.89. The van der Waals surface area contributed by atoms with Crippen LogP contribution >= 0.6 is 11.8 Å². The Morgan fingerprint density at radius 1 is 1.24 bits per heavy atom. The zero-order valence-corrected chi connectivity index (χ0v) is 16.2. The molecule has 29 heavy (non-hydrogen) atoms. The zero-order valence-electron chi connectivity index (χ0n) is 15.4. The van der Waals surface area contributed by atoms with Crippen LogP contribution in [0.3, 0.4) is 0 Å². The maximum atomic E-state index is 13.1. The molecule has 0 spiro atoms. The highest BCUT2D eigenvalue weighted by Crippen LogP contribution is 2.34. The fourth-order valence-electron chi connectivity index (χ4n) is 2.54. The van der Waals surface area contributed by atoms with Crippen LogP contribution < -0.4 is 10.1 Å². The Labute approximate surface area is 168 Å². The predicted molar refractivity (Wildman–Crippen MR) is 101 cm³/mol. The number of nitrogens with zero attached hydrogens (tertiary/aromatic N) is 4. The lowest BCUT2D eigenvalue weighted by molar-refractivity contribution is -0.137. The number of methoxy groups -OCH3 is 1. The van der Waals surface area contributed by atoms with Gasteiger partial charge in [-0.1, -0.05) is 30.0 Å². The van der Waals surface area contributed by atoms with E-state index in [-0.39, 0.29) is 11.4 Å². The number of halogens is 3. The monoisotopic (exact) mass is 423 g/mol. The van der Waals surface area contributed by atoms with Gasteiger partial charge in [-0.2, -0.15) is 17.9 Å². The van der Waals surface area contributed by atoms with Crippen LogP contribution in [0, 0.1) is 6.92 Å². The highest BCUT2D eigenvalue weighted by Gasteiger charge is 2.33. The third-order valence-corrected chi connectivity index (χ3v) is 4.76. The number of aromatic nitrogens is 4. The number of rotatable bonds is 6. The van der Waals surface area contributed by atoms with E-state index in [9.17, 15) is 18.0 Å². The fourth-order valence-corrected chi connectivity index (χ4v) is 3.23. The van der Waals surface area contributed by atoms with Gasteiger partial charge >= 0.3 is 6.18 Å². The van der Waals surface area contributed by atoms with Crippen LogP contribution in [0.5, 0.6) is 5.75 Å². The van der Waals surface area contributed by atoms with Gasteiger partial charge in [-0.15, -0.1) is 5.10 Å². The first-order valence-corrected chi connectivity index (χ1v) is 9.30. The lowest BCUT2D eigenvalue weighted by atomic mass is 10.1. The van der Waals surface area contributed by atoms with Gasteiger partial charge in [-0.3, -0.25) is 4.79 Å². The largest absolute Gasteiger partial charge is 0.494 e. The summed E-state index contributed by atoms with van der Waals surface area (Å²) in [5, 5.41) is 14.0. The minimum atomic E-state index is -4.57. The Morgan fingerprint density at radius 3 is 2.72 bits per heavy atom. The zero-order chi connectivity index (χ0) is 21.0. The number of hydrogen-bond acceptors (Lipinski definition) is 6. The average Bonchev–Trinajstić information content (AvgIpc) is 3.14. The van der Waals surface area contributed by atoms with Gasteiger partial charge in [0, 0.05) is 0 Å². The first-order chi connectivity index (χ1) is 13.8. The second-order valence-corrected chi connectivity index (χ2v) is 6.87. The molecule has 0 saturated heterocycles. The number of amides is 1. The highest BCUT2D eigenvalue weighted by atomic mass is 32.2. The first kappa shape index (κ1) is 20.6. The van der Waals surface area contributed by atoms with Gasteiger partial charge in [-0.25, -0.2) is 0 Å². The van der Waals surface area contributed by atoms with Crippen molar-refractivity contribution in [2.45, 2.75) is 18.3 Å². The van der Waals surface area contributed by atoms with Crippen LogP contribution in [0.2, 0.25) is 0 Å². The van der Waals surface area contributed by atoms with Crippen molar-refractivity contribution in [1.82, 2.24) is 20.2 Å². The fraction of sp³-hybridized carbons (Fsp3) is 0.222. The molecular weight excluding hydrogens is 407 g/mol. The number of anilines is 1. The Balaban J connectivity index is 1.74. The van der Waals surface area contributed by atoms with E-state index in [0.29, 0.717) is 16.6 Å². The molecule has 0 fully saturated rings. The highest BCUT2D eigenvalue weighted by molar-refractivity contribution is 7.99. The number of ether oxygens (including phenoxy) is 1. The predicted octanol–water partition coefficient (Wildman–Crippen LogP) is 3.73. The molecule has 0 unspecified atom stereocenters. The molecule has 11 heteroatoms. The Hall–Kier alpha value is -3.08. The number of carbonyl (C=O) groups excluding carboxylic acids is 1. The van der Waals surface area contributed by atoms with Crippen LogP contribution in [0.25, 0.3) is 5.69 Å². The topological polar surface area (TPSA) is 81.9 Å². The number of thioether (sulfide) groups is 1. The molecule has 0 radical (unpaired) electrons. The van der Waals surface area contributed by atoms with Crippen LogP contribution in [-0.2, 0) is 11.0 Å². The average molecular weight is 423 g/mol. The number of tetrazole rings is 1. The molecule has 3 aromatic rings. The molecule has 0 saturated carbocycles. The third-order valence-electron chi connectivity index (χ3n) is 3.84. The van der Waals surface area contributed by atoms with E-state index >= 15 is 0 Å². The first-order valence-electron chi connectivity index (χ1n) is 8.32. The van der Waals surface area contributed by atoms with E-state index in [1.165, 1.54) is 30.0 Å². The normalized spacial score (nSPS) is 11.3. The summed E-state index contributed by atoms with van der Waals surface area (Å²) in [6, 6.07) is 10.2. The minimum Gasteiger partial charge on any atom is -0.494 e. The minimum absolute atomic E-state index is 0.180. The number of alkyl halides is 3. The molecule has 0 aliphatic rings. The van der Waals surface area contributed by atoms with Gasteiger partial charge in [0.1, 0.15) is 11.4 Å². The molecule has 0 bridgehead atoms. The van der Waals surface area contributed by atoms with Crippen molar-refractivity contribution in [3.63, 3.8) is 0 Å². The van der Waals surface area contributed by atoms with Gasteiger partial charge in [0.05, 0.1) is 24.1 Å². The summed E-state index contributed by atoms with van der Waals surface area (Å²) in [7, 11) is 1.51. The van der Waals surface area contributed by atoms with Crippen molar-refractivity contribution in [1.29, 1.82) is 0 Å². The maximum Gasteiger partial charge on any atom is 0.418 e. The van der Waals surface area contributed by atoms with E-state index in [2.05, 4.69) is 20.8 Å². The molecule has 0 aliphatic carbocycles. The summed E-state index contributed by atoms with van der Waals surface area (Å²) < 4.78 is 45.9. The van der Waals surface area contributed by atoms with Crippen molar-refractivity contribution in [3.8, 4) is 11.4 Å². The van der Waals surface area contributed by atoms with Gasteiger partial charge in [0.25, 0.3) is 0 Å². The van der Waals surface area contributed by atoms with Gasteiger partial charge < -0.3 is 10.1 Å². The van der Waals surface area contributed by atoms with E-state index in [1.807, 2.05) is 19.1 Å². The van der Waals surface area contributed by atoms with Crippen LogP contribution in [-0.4, -0.2) is 39.0 Å². The smallest absolute Gasteiger partial charge is 0.418 e. The number of para-hydroxylation sites is 1. The lowest BCUT2D eigenvalue weighted by Crippen LogP contribution is -2.18. The van der Waals surface area contributed by atoms with Crippen LogP contribution in [0.4, 0.5) is 18.9 Å². The van der Waals surface area contributed by atoms with E-state index in [1.54, 1.807) is 6.07 Å². The van der Waals surface area contributed by atoms with Crippen molar-refractivity contribution in [2.24, 2.45) is 0 Å². The Morgan fingerprint density at radius 2 is 2.00 bits per heavy atom. The van der Waals surface area contributed by atoms with Gasteiger partial charge in [0.2, 0.25) is 11.1 Å². The van der Waals surface area contributed by atoms with Crippen molar-refractivity contribution in [3.05, 3.63) is 53.6 Å². The molecule has 3 rings (SSSR count). The molecule has 2 aromatic carbocycles. The Bertz CT molecular complexity index is 1020. The third kappa shape index (κ3) is 4.86. The second kappa shape index (κ2) is 8.52. The SMILES string of the molecule is COc1ccc(C)cc1-n1nnnc1SCC(=O)Nc1ccccc1C(F)(F)F. The molecular formula is C18H16F3N5O2S. The van der Waals surface area contributed by atoms with Crippen molar-refractivity contribution in [2.75, 3.05) is 18.2 Å². The molecule has 1 N–H and O–H groups in total. The molecule has 0 atom stereocenters. The second-order valence-electron chi connectivity index (χ2n) is 5.93. The van der Waals surface area contributed by atoms with Crippen molar-refractivity contribution < 1.29 is 22.7 Å². The van der Waals surface area contributed by atoms with Gasteiger partial charge in [0.15, 0.2) is 0 Å². The number of carbonyl (C=O) groups is 1. The molecule has 1 amide bonds. The van der Waals surface area contributed by atoms with Gasteiger partial charge in [-0.05, 0) is 47.2 Å². The summed E-state index contributed by atoms with van der Waals surface area (Å²) in [5.41, 5.74) is 0.329. The van der Waals surface area contributed by atoms with Crippen LogP contribution in [0.1, 0.15) is 11.1 Å². The number of benzene rings is 2. The Kier molecular flexibility index (Phi) is 6.06. The summed E-state index contributed by atoms with van der Waals surface area (Å²) >= 11 is 0.992. The summed E-state index contributed by atoms with van der Waals surface area (Å²) in [4.78, 5) is 12.2. The molecule has 7 nitrogen and oxygen atoms in total. The van der Waals surface area contributed by atoms with E-state index in [0.717, 1.165) is 23.4 Å². The van der Waals surface area contributed by atoms with Crippen LogP contribution in [0.15, 0.2) is 47.6 Å². The molecule has 1 heterocycles. The molecule has 0 aliphatic heterocycles. The number of aryl methyl sites for hydroxylation is 1. The molecule has 1 aromatic heterocycles. The lowest BCUT2D eigenvalue weighted by Gasteiger charge is -2.13. The van der Waals surface area contributed by atoms with E-state index in [4.69, 9.17) is 4.74 Å². The maximum absolute atomic E-state index is 13.1. The number of nitrogens with one attached hydrogen (secondary N) is 1. The summed E-state index contributed by atoms with van der Waals surface area (Å²) in [6.07, 6.45) is -4.57. The standard InChI is InChI=1S/C18H16F3N5O2S/c1-11-7-8-15(28-2)14(9-11)26-17(23-24-25-26)29-10-16(27)22-13-6-4-3-5-12(13)18(19,20)21/h3-9H,10H2,1-2H3,(H,22,27).